The average Bonchev–Trinajstić information content (AvgIpc) is 3.02. The highest BCUT2D eigenvalue weighted by molar-refractivity contribution is 7.16. The molecule has 1 aromatic heterocycles. The van der Waals surface area contributed by atoms with Crippen LogP contribution in [-0.2, 0) is 6.54 Å². The van der Waals surface area contributed by atoms with Gasteiger partial charge in [0.05, 0.1) is 4.34 Å². The number of hydrogen-bond acceptors (Lipinski definition) is 3. The predicted molar refractivity (Wildman–Crippen MR) is 83.0 cm³/mol. The highest BCUT2D eigenvalue weighted by Gasteiger charge is 2.34. The van der Waals surface area contributed by atoms with Gasteiger partial charge >= 0.3 is 0 Å². The van der Waals surface area contributed by atoms with Gasteiger partial charge in [0.15, 0.2) is 0 Å². The lowest BCUT2D eigenvalue weighted by Crippen LogP contribution is -2.38. The van der Waals surface area contributed by atoms with Crippen molar-refractivity contribution in [3.63, 3.8) is 0 Å². The maximum Gasteiger partial charge on any atom is 0.0931 e. The fourth-order valence-corrected chi connectivity index (χ4v) is 4.72. The van der Waals surface area contributed by atoms with E-state index in [1.54, 1.807) is 11.3 Å². The van der Waals surface area contributed by atoms with Crippen molar-refractivity contribution >= 4 is 22.9 Å². The first kappa shape index (κ1) is 13.9. The van der Waals surface area contributed by atoms with E-state index in [1.807, 2.05) is 6.07 Å². The van der Waals surface area contributed by atoms with Crippen LogP contribution in [0, 0.1) is 5.92 Å². The molecule has 2 atom stereocenters. The number of nitrogens with zero attached hydrogens (tertiary/aromatic N) is 1. The number of fused-ring (bicyclic) bond motifs is 1. The molecule has 19 heavy (non-hydrogen) atoms. The van der Waals surface area contributed by atoms with Crippen molar-refractivity contribution in [2.45, 2.75) is 44.7 Å². The van der Waals surface area contributed by atoms with E-state index in [4.69, 9.17) is 11.6 Å². The Morgan fingerprint density at radius 2 is 2.16 bits per heavy atom. The van der Waals surface area contributed by atoms with E-state index in [9.17, 15) is 0 Å². The third-order valence-electron chi connectivity index (χ3n) is 4.63. The first-order valence-corrected chi connectivity index (χ1v) is 8.71. The molecule has 0 bridgehead atoms. The lowest BCUT2D eigenvalue weighted by Gasteiger charge is -2.31. The lowest BCUT2D eigenvalue weighted by atomic mass is 9.85. The van der Waals surface area contributed by atoms with Crippen LogP contribution in [-0.4, -0.2) is 30.6 Å². The Kier molecular flexibility index (Phi) is 4.80. The van der Waals surface area contributed by atoms with Gasteiger partial charge in [-0.25, -0.2) is 0 Å². The molecular formula is C15H23ClN2S. The van der Waals surface area contributed by atoms with Crippen LogP contribution in [0.4, 0.5) is 0 Å². The van der Waals surface area contributed by atoms with Crippen LogP contribution in [0.2, 0.25) is 4.34 Å². The second-order valence-electron chi connectivity index (χ2n) is 5.82. The summed E-state index contributed by atoms with van der Waals surface area (Å²) < 4.78 is 0.890. The summed E-state index contributed by atoms with van der Waals surface area (Å²) in [5, 5.41) is 3.55. The standard InChI is InChI=1S/C15H23ClN2S/c16-15-6-5-13(19-15)11-17-8-10-18-9-7-12-3-1-2-4-14(12)18/h5-6,12,14,17H,1-4,7-11H2. The first-order valence-electron chi connectivity index (χ1n) is 7.52. The minimum atomic E-state index is 0.890. The van der Waals surface area contributed by atoms with Gasteiger partial charge in [-0.15, -0.1) is 11.3 Å². The van der Waals surface area contributed by atoms with E-state index >= 15 is 0 Å². The van der Waals surface area contributed by atoms with E-state index in [2.05, 4.69) is 16.3 Å². The number of likely N-dealkylation sites (tertiary alicyclic amines) is 1. The van der Waals surface area contributed by atoms with E-state index < -0.39 is 0 Å². The van der Waals surface area contributed by atoms with Gasteiger partial charge in [-0.1, -0.05) is 24.4 Å². The molecule has 4 heteroatoms. The monoisotopic (exact) mass is 298 g/mol. The largest absolute Gasteiger partial charge is 0.311 e. The molecule has 1 saturated heterocycles. The second-order valence-corrected chi connectivity index (χ2v) is 7.62. The molecule has 1 aliphatic carbocycles. The molecule has 2 fully saturated rings. The fourth-order valence-electron chi connectivity index (χ4n) is 3.66. The minimum absolute atomic E-state index is 0.890. The quantitative estimate of drug-likeness (QED) is 0.833. The highest BCUT2D eigenvalue weighted by Crippen LogP contribution is 2.35. The summed E-state index contributed by atoms with van der Waals surface area (Å²) in [6.45, 7) is 4.58. The smallest absolute Gasteiger partial charge is 0.0931 e. The van der Waals surface area contributed by atoms with Crippen LogP contribution in [0.15, 0.2) is 12.1 Å². The summed E-state index contributed by atoms with van der Waals surface area (Å²) in [4.78, 5) is 4.06. The fraction of sp³-hybridized carbons (Fsp3) is 0.733. The molecule has 1 aromatic rings. The molecule has 0 radical (unpaired) electrons. The Morgan fingerprint density at radius 3 is 3.00 bits per heavy atom. The Hall–Kier alpha value is -0.0900. The summed E-state index contributed by atoms with van der Waals surface area (Å²) in [6, 6.07) is 5.00. The van der Waals surface area contributed by atoms with Crippen molar-refractivity contribution in [2.75, 3.05) is 19.6 Å². The third-order valence-corrected chi connectivity index (χ3v) is 5.86. The summed E-state index contributed by atoms with van der Waals surface area (Å²) >= 11 is 7.61. The summed E-state index contributed by atoms with van der Waals surface area (Å²) in [7, 11) is 0. The zero-order valence-electron chi connectivity index (χ0n) is 11.4. The lowest BCUT2D eigenvalue weighted by molar-refractivity contribution is 0.183. The van der Waals surface area contributed by atoms with E-state index in [0.29, 0.717) is 0 Å². The van der Waals surface area contributed by atoms with Gasteiger partial charge in [0.2, 0.25) is 0 Å². The Morgan fingerprint density at radius 1 is 1.26 bits per heavy atom. The number of nitrogens with one attached hydrogen (secondary N) is 1. The van der Waals surface area contributed by atoms with E-state index in [1.165, 1.54) is 50.1 Å². The predicted octanol–water partition coefficient (Wildman–Crippen LogP) is 3.76. The molecule has 2 aliphatic rings. The van der Waals surface area contributed by atoms with Crippen LogP contribution in [0.3, 0.4) is 0 Å². The molecule has 0 aromatic carbocycles. The van der Waals surface area contributed by atoms with Crippen LogP contribution in [0.1, 0.15) is 37.0 Å². The number of rotatable bonds is 5. The maximum atomic E-state index is 5.94. The number of halogens is 1. The molecule has 2 nitrogen and oxygen atoms in total. The normalized spacial score (nSPS) is 27.6. The van der Waals surface area contributed by atoms with Crippen LogP contribution in [0.25, 0.3) is 0 Å². The topological polar surface area (TPSA) is 15.3 Å². The van der Waals surface area contributed by atoms with Gasteiger partial charge in [-0.05, 0) is 43.9 Å². The van der Waals surface area contributed by atoms with Crippen molar-refractivity contribution < 1.29 is 0 Å². The third kappa shape index (κ3) is 3.52. The van der Waals surface area contributed by atoms with Gasteiger partial charge in [0.25, 0.3) is 0 Å². The molecule has 1 N–H and O–H groups in total. The second kappa shape index (κ2) is 6.57. The molecule has 0 spiro atoms. The molecule has 0 amide bonds. The Bertz CT molecular complexity index is 407. The Balaban J connectivity index is 1.38. The van der Waals surface area contributed by atoms with Crippen LogP contribution < -0.4 is 5.32 Å². The zero-order chi connectivity index (χ0) is 13.1. The minimum Gasteiger partial charge on any atom is -0.311 e. The molecule has 1 aliphatic heterocycles. The van der Waals surface area contributed by atoms with Gasteiger partial charge in [-0.2, -0.15) is 0 Å². The van der Waals surface area contributed by atoms with Crippen molar-refractivity contribution in [3.05, 3.63) is 21.3 Å². The first-order chi connectivity index (χ1) is 9.33. The molecule has 1 saturated carbocycles. The molecule has 3 rings (SSSR count). The van der Waals surface area contributed by atoms with Gasteiger partial charge in [0.1, 0.15) is 0 Å². The molecule has 2 heterocycles. The zero-order valence-corrected chi connectivity index (χ0v) is 13.0. The highest BCUT2D eigenvalue weighted by atomic mass is 35.5. The van der Waals surface area contributed by atoms with Crippen molar-refractivity contribution in [3.8, 4) is 0 Å². The van der Waals surface area contributed by atoms with Crippen molar-refractivity contribution in [1.29, 1.82) is 0 Å². The number of thiophene rings is 1. The SMILES string of the molecule is Clc1ccc(CNCCN2CCC3CCCCC32)s1. The van der Waals surface area contributed by atoms with Crippen molar-refractivity contribution in [2.24, 2.45) is 5.92 Å². The average molecular weight is 299 g/mol. The van der Waals surface area contributed by atoms with E-state index in [-0.39, 0.29) is 0 Å². The van der Waals surface area contributed by atoms with Crippen LogP contribution in [0.5, 0.6) is 0 Å². The molecular weight excluding hydrogens is 276 g/mol. The Labute approximate surface area is 125 Å². The number of hydrogen-bond donors (Lipinski definition) is 1. The van der Waals surface area contributed by atoms with Crippen LogP contribution >= 0.6 is 22.9 Å². The summed E-state index contributed by atoms with van der Waals surface area (Å²) in [5.74, 6) is 1.00. The molecule has 106 valence electrons. The molecule has 2 unspecified atom stereocenters. The summed E-state index contributed by atoms with van der Waals surface area (Å²) in [5.41, 5.74) is 0. The van der Waals surface area contributed by atoms with Crippen molar-refractivity contribution in [1.82, 2.24) is 10.2 Å². The van der Waals surface area contributed by atoms with Gasteiger partial charge in [0, 0.05) is 30.6 Å². The maximum absolute atomic E-state index is 5.94. The summed E-state index contributed by atoms with van der Waals surface area (Å²) in [6.07, 6.45) is 7.25. The van der Waals surface area contributed by atoms with Gasteiger partial charge in [-0.3, -0.25) is 4.90 Å². The van der Waals surface area contributed by atoms with Gasteiger partial charge < -0.3 is 5.32 Å². The van der Waals surface area contributed by atoms with E-state index in [0.717, 1.165) is 29.4 Å².